The fraction of sp³-hybridized carbons (Fsp3) is 1.00. The number of hydrogen-bond donors (Lipinski definition) is 3. The van der Waals surface area contributed by atoms with Crippen LogP contribution >= 0.6 is 12.6 Å². The minimum Gasteiger partial charge on any atom is -0.390 e. The quantitative estimate of drug-likeness (QED) is 0.402. The first-order valence-corrected chi connectivity index (χ1v) is 3.26. The van der Waals surface area contributed by atoms with E-state index < -0.39 is 12.2 Å². The van der Waals surface area contributed by atoms with Crippen LogP contribution in [0.25, 0.3) is 0 Å². The van der Waals surface area contributed by atoms with Gasteiger partial charge < -0.3 is 10.2 Å². The van der Waals surface area contributed by atoms with E-state index in [1.165, 1.54) is 0 Å². The third-order valence-corrected chi connectivity index (χ3v) is 1.89. The highest BCUT2D eigenvalue weighted by Crippen LogP contribution is 2.23. The highest BCUT2D eigenvalue weighted by Gasteiger charge is 2.28. The van der Waals surface area contributed by atoms with Crippen LogP contribution in [0.15, 0.2) is 0 Å². The van der Waals surface area contributed by atoms with Crippen molar-refractivity contribution >= 4 is 12.6 Å². The molecule has 0 amide bonds. The van der Waals surface area contributed by atoms with E-state index in [0.717, 1.165) is 0 Å². The average molecular weight is 134 g/mol. The average Bonchev–Trinajstić information content (AvgIpc) is 1.85. The minimum absolute atomic E-state index is 0.194. The van der Waals surface area contributed by atoms with E-state index in [4.69, 9.17) is 10.2 Å². The van der Waals surface area contributed by atoms with E-state index >= 15 is 0 Å². The van der Waals surface area contributed by atoms with Crippen LogP contribution < -0.4 is 0 Å². The highest BCUT2D eigenvalue weighted by molar-refractivity contribution is 7.81. The molecule has 2 unspecified atom stereocenters. The summed E-state index contributed by atoms with van der Waals surface area (Å²) in [7, 11) is 0. The molecule has 2 N–H and O–H groups in total. The molecule has 1 rings (SSSR count). The fourth-order valence-corrected chi connectivity index (χ4v) is 1.40. The molecule has 0 aromatic carbocycles. The number of aliphatic hydroxyl groups is 2. The van der Waals surface area contributed by atoms with Gasteiger partial charge in [0.1, 0.15) is 0 Å². The van der Waals surface area contributed by atoms with Crippen molar-refractivity contribution in [2.75, 3.05) is 0 Å². The Morgan fingerprint density at radius 3 is 1.62 bits per heavy atom. The Bertz CT molecular complexity index is 76.5. The minimum atomic E-state index is -0.530. The van der Waals surface area contributed by atoms with E-state index in [2.05, 4.69) is 12.6 Å². The molecule has 0 aliphatic heterocycles. The Balaban J connectivity index is 2.39. The number of hydrogen-bond acceptors (Lipinski definition) is 3. The molecule has 0 aromatic heterocycles. The van der Waals surface area contributed by atoms with Crippen LogP contribution in [0.3, 0.4) is 0 Å². The Morgan fingerprint density at radius 1 is 1.12 bits per heavy atom. The van der Waals surface area contributed by atoms with Gasteiger partial charge in [0.2, 0.25) is 0 Å². The van der Waals surface area contributed by atoms with Gasteiger partial charge >= 0.3 is 0 Å². The molecular weight excluding hydrogens is 124 g/mol. The molecule has 1 saturated carbocycles. The van der Waals surface area contributed by atoms with Gasteiger partial charge in [-0.1, -0.05) is 0 Å². The lowest BCUT2D eigenvalue weighted by Gasteiger charge is -2.03. The third kappa shape index (κ3) is 1.16. The molecule has 0 bridgehead atoms. The third-order valence-electron chi connectivity index (χ3n) is 1.47. The molecule has 48 valence electrons. The zero-order valence-electron chi connectivity index (χ0n) is 4.49. The van der Waals surface area contributed by atoms with E-state index in [9.17, 15) is 0 Å². The summed E-state index contributed by atoms with van der Waals surface area (Å²) in [6.45, 7) is 0. The van der Waals surface area contributed by atoms with Gasteiger partial charge in [-0.15, -0.1) is 0 Å². The molecule has 2 nitrogen and oxygen atoms in total. The van der Waals surface area contributed by atoms with Crippen LogP contribution in [0.2, 0.25) is 0 Å². The lowest BCUT2D eigenvalue weighted by molar-refractivity contribution is 0.0438. The molecule has 1 aliphatic rings. The van der Waals surface area contributed by atoms with Gasteiger partial charge in [-0.25, -0.2) is 0 Å². The normalized spacial score (nSPS) is 47.6. The summed E-state index contributed by atoms with van der Waals surface area (Å²) >= 11 is 4.09. The largest absolute Gasteiger partial charge is 0.390 e. The van der Waals surface area contributed by atoms with Gasteiger partial charge in [0.25, 0.3) is 0 Å². The van der Waals surface area contributed by atoms with E-state index in [0.29, 0.717) is 12.8 Å². The van der Waals surface area contributed by atoms with Gasteiger partial charge in [-0.05, 0) is 12.8 Å². The molecule has 0 saturated heterocycles. The summed E-state index contributed by atoms with van der Waals surface area (Å²) in [5, 5.41) is 17.9. The van der Waals surface area contributed by atoms with Crippen LogP contribution in [0, 0.1) is 0 Å². The number of rotatable bonds is 0. The van der Waals surface area contributed by atoms with E-state index in [1.54, 1.807) is 0 Å². The maximum Gasteiger partial charge on any atom is 0.0810 e. The van der Waals surface area contributed by atoms with Gasteiger partial charge in [-0.2, -0.15) is 12.6 Å². The standard InChI is InChI=1S/C5H10O2S/c6-4-1-3(8)2-5(4)7/h3-8H,1-2H2. The van der Waals surface area contributed by atoms with Gasteiger partial charge in [0.05, 0.1) is 12.2 Å². The Kier molecular flexibility index (Phi) is 1.80. The first kappa shape index (κ1) is 6.39. The van der Waals surface area contributed by atoms with E-state index in [1.807, 2.05) is 0 Å². The van der Waals surface area contributed by atoms with Crippen molar-refractivity contribution in [3.63, 3.8) is 0 Å². The monoisotopic (exact) mass is 134 g/mol. The molecule has 0 radical (unpaired) electrons. The highest BCUT2D eigenvalue weighted by atomic mass is 32.1. The first-order valence-electron chi connectivity index (χ1n) is 2.74. The maximum atomic E-state index is 8.87. The predicted molar refractivity (Wildman–Crippen MR) is 34.0 cm³/mol. The molecule has 1 aliphatic carbocycles. The van der Waals surface area contributed by atoms with Gasteiger partial charge in [0, 0.05) is 5.25 Å². The molecular formula is C5H10O2S. The summed E-state index contributed by atoms with van der Waals surface area (Å²) in [6, 6.07) is 0. The Hall–Kier alpha value is 0.270. The van der Waals surface area contributed by atoms with Crippen molar-refractivity contribution < 1.29 is 10.2 Å². The van der Waals surface area contributed by atoms with Crippen molar-refractivity contribution in [2.45, 2.75) is 30.3 Å². The lowest BCUT2D eigenvalue weighted by atomic mass is 10.3. The van der Waals surface area contributed by atoms with Crippen molar-refractivity contribution in [3.05, 3.63) is 0 Å². The van der Waals surface area contributed by atoms with Crippen LogP contribution in [0.4, 0.5) is 0 Å². The summed E-state index contributed by atoms with van der Waals surface area (Å²) in [5.74, 6) is 0. The summed E-state index contributed by atoms with van der Waals surface area (Å²) in [4.78, 5) is 0. The Labute approximate surface area is 53.9 Å². The predicted octanol–water partition coefficient (Wildman–Crippen LogP) is -0.200. The second-order valence-electron chi connectivity index (χ2n) is 2.26. The first-order chi connectivity index (χ1) is 3.70. The maximum absolute atomic E-state index is 8.87. The second-order valence-corrected chi connectivity index (χ2v) is 2.99. The molecule has 1 fully saturated rings. The molecule has 8 heavy (non-hydrogen) atoms. The lowest BCUT2D eigenvalue weighted by Crippen LogP contribution is -2.17. The van der Waals surface area contributed by atoms with Crippen LogP contribution in [0.5, 0.6) is 0 Å². The number of aliphatic hydroxyl groups excluding tert-OH is 2. The molecule has 0 spiro atoms. The Morgan fingerprint density at radius 2 is 1.50 bits per heavy atom. The fourth-order valence-electron chi connectivity index (χ4n) is 0.968. The van der Waals surface area contributed by atoms with Gasteiger partial charge in [-0.3, -0.25) is 0 Å². The second kappa shape index (κ2) is 2.25. The smallest absolute Gasteiger partial charge is 0.0810 e. The van der Waals surface area contributed by atoms with Crippen LogP contribution in [0.1, 0.15) is 12.8 Å². The van der Waals surface area contributed by atoms with Crippen molar-refractivity contribution in [3.8, 4) is 0 Å². The topological polar surface area (TPSA) is 40.5 Å². The summed E-state index contributed by atoms with van der Waals surface area (Å²) in [5.41, 5.74) is 0. The SMILES string of the molecule is OC1CC(S)CC1O. The number of thiol groups is 1. The molecule has 2 atom stereocenters. The zero-order valence-corrected chi connectivity index (χ0v) is 5.38. The van der Waals surface area contributed by atoms with E-state index in [-0.39, 0.29) is 5.25 Å². The van der Waals surface area contributed by atoms with Gasteiger partial charge in [0.15, 0.2) is 0 Å². The zero-order chi connectivity index (χ0) is 6.15. The van der Waals surface area contributed by atoms with Crippen molar-refractivity contribution in [2.24, 2.45) is 0 Å². The van der Waals surface area contributed by atoms with Crippen molar-refractivity contribution in [1.82, 2.24) is 0 Å². The molecule has 3 heteroatoms. The summed E-state index contributed by atoms with van der Waals surface area (Å²) < 4.78 is 0. The van der Waals surface area contributed by atoms with Crippen LogP contribution in [-0.4, -0.2) is 27.7 Å². The molecule has 0 heterocycles. The molecule has 0 aromatic rings. The summed E-state index contributed by atoms with van der Waals surface area (Å²) in [6.07, 6.45) is 0.198. The van der Waals surface area contributed by atoms with Crippen molar-refractivity contribution in [1.29, 1.82) is 0 Å². The van der Waals surface area contributed by atoms with Crippen LogP contribution in [-0.2, 0) is 0 Å².